The summed E-state index contributed by atoms with van der Waals surface area (Å²) in [6.45, 7) is 4.16. The Morgan fingerprint density at radius 1 is 1.29 bits per heavy atom. The zero-order valence-corrected chi connectivity index (χ0v) is 14.9. The van der Waals surface area contributed by atoms with Crippen LogP contribution in [0.2, 0.25) is 5.02 Å². The fourth-order valence-electron chi connectivity index (χ4n) is 1.76. The zero-order chi connectivity index (χ0) is 18.1. The van der Waals surface area contributed by atoms with Crippen molar-refractivity contribution >= 4 is 29.1 Å². The molecule has 7 nitrogen and oxygen atoms in total. The van der Waals surface area contributed by atoms with Gasteiger partial charge in [0.15, 0.2) is 5.75 Å². The maximum absolute atomic E-state index is 12.0. The number of rotatable bonds is 9. The van der Waals surface area contributed by atoms with Crippen molar-refractivity contribution in [2.24, 2.45) is 11.7 Å². The van der Waals surface area contributed by atoms with Gasteiger partial charge < -0.3 is 25.8 Å². The Morgan fingerprint density at radius 2 is 2.00 bits per heavy atom. The van der Waals surface area contributed by atoms with Crippen LogP contribution in [0.3, 0.4) is 0 Å². The molecule has 2 amide bonds. The van der Waals surface area contributed by atoms with Gasteiger partial charge in [0.05, 0.1) is 29.9 Å². The molecule has 8 heteroatoms. The minimum atomic E-state index is -0.656. The van der Waals surface area contributed by atoms with Crippen LogP contribution in [0.4, 0.5) is 5.69 Å². The van der Waals surface area contributed by atoms with Crippen LogP contribution in [-0.2, 0) is 14.3 Å². The first-order chi connectivity index (χ1) is 11.4. The molecular formula is C16H24ClN3O4. The maximum Gasteiger partial charge on any atom is 0.243 e. The standard InChI is InChI=1S/C16H24ClN3O4/c1-10(2)14(18)16(22)19-9-13(21)20-12-6-4-5-11(17)15(12)24-8-7-23-3/h4-6,10,14H,7-9,18H2,1-3H3,(H,19,22)(H,20,21)/t14-/m0/s1. The van der Waals surface area contributed by atoms with Gasteiger partial charge in [-0.3, -0.25) is 9.59 Å². The van der Waals surface area contributed by atoms with Gasteiger partial charge in [-0.15, -0.1) is 0 Å². The molecule has 1 rings (SSSR count). The van der Waals surface area contributed by atoms with Crippen molar-refractivity contribution in [1.82, 2.24) is 5.32 Å². The van der Waals surface area contributed by atoms with E-state index in [9.17, 15) is 9.59 Å². The average molecular weight is 358 g/mol. The van der Waals surface area contributed by atoms with Gasteiger partial charge in [-0.25, -0.2) is 0 Å². The minimum absolute atomic E-state index is 0.0122. The van der Waals surface area contributed by atoms with Gasteiger partial charge in [0.2, 0.25) is 11.8 Å². The summed E-state index contributed by atoms with van der Waals surface area (Å²) in [6.07, 6.45) is 0. The molecule has 0 aromatic heterocycles. The van der Waals surface area contributed by atoms with Crippen molar-refractivity contribution in [2.45, 2.75) is 19.9 Å². The number of nitrogens with one attached hydrogen (secondary N) is 2. The molecule has 0 unspecified atom stereocenters. The number of halogens is 1. The topological polar surface area (TPSA) is 103 Å². The predicted octanol–water partition coefficient (Wildman–Crippen LogP) is 1.40. The summed E-state index contributed by atoms with van der Waals surface area (Å²) in [4.78, 5) is 23.8. The first kappa shape index (κ1) is 20.2. The van der Waals surface area contributed by atoms with Crippen LogP contribution in [-0.4, -0.2) is 44.7 Å². The van der Waals surface area contributed by atoms with E-state index in [4.69, 9.17) is 26.8 Å². The second-order valence-corrected chi connectivity index (χ2v) is 5.90. The fraction of sp³-hybridized carbons (Fsp3) is 0.500. The molecule has 0 aliphatic heterocycles. The lowest BCUT2D eigenvalue weighted by atomic mass is 10.1. The average Bonchev–Trinajstić information content (AvgIpc) is 2.54. The van der Waals surface area contributed by atoms with E-state index in [0.29, 0.717) is 29.7 Å². The highest BCUT2D eigenvalue weighted by Crippen LogP contribution is 2.32. The lowest BCUT2D eigenvalue weighted by Crippen LogP contribution is -2.46. The van der Waals surface area contributed by atoms with E-state index in [1.165, 1.54) is 0 Å². The summed E-state index contributed by atoms with van der Waals surface area (Å²) in [7, 11) is 1.56. The summed E-state index contributed by atoms with van der Waals surface area (Å²) < 4.78 is 10.4. The van der Waals surface area contributed by atoms with Crippen molar-refractivity contribution < 1.29 is 19.1 Å². The Labute approximate surface area is 146 Å². The highest BCUT2D eigenvalue weighted by Gasteiger charge is 2.18. The Hall–Kier alpha value is -1.83. The summed E-state index contributed by atoms with van der Waals surface area (Å²) in [6, 6.07) is 4.35. The van der Waals surface area contributed by atoms with Gasteiger partial charge >= 0.3 is 0 Å². The van der Waals surface area contributed by atoms with E-state index in [0.717, 1.165) is 0 Å². The summed E-state index contributed by atoms with van der Waals surface area (Å²) >= 11 is 6.09. The first-order valence-electron chi connectivity index (χ1n) is 7.60. The van der Waals surface area contributed by atoms with E-state index < -0.39 is 11.9 Å². The van der Waals surface area contributed by atoms with Gasteiger partial charge in [0.25, 0.3) is 0 Å². The maximum atomic E-state index is 12.0. The van der Waals surface area contributed by atoms with Crippen molar-refractivity contribution in [1.29, 1.82) is 0 Å². The third-order valence-corrected chi connectivity index (χ3v) is 3.52. The van der Waals surface area contributed by atoms with Gasteiger partial charge in [0, 0.05) is 7.11 Å². The number of nitrogens with two attached hydrogens (primary N) is 1. The van der Waals surface area contributed by atoms with E-state index in [-0.39, 0.29) is 18.4 Å². The number of ether oxygens (including phenoxy) is 2. The molecule has 1 atom stereocenters. The minimum Gasteiger partial charge on any atom is -0.487 e. The molecule has 0 aliphatic rings. The van der Waals surface area contributed by atoms with Crippen LogP contribution in [0.5, 0.6) is 5.75 Å². The number of benzene rings is 1. The summed E-state index contributed by atoms with van der Waals surface area (Å²) in [5.74, 6) is -0.433. The lowest BCUT2D eigenvalue weighted by molar-refractivity contribution is -0.125. The molecule has 134 valence electrons. The number of amides is 2. The SMILES string of the molecule is COCCOc1c(Cl)cccc1NC(=O)CNC(=O)[C@@H](N)C(C)C. The lowest BCUT2D eigenvalue weighted by Gasteiger charge is -2.16. The van der Waals surface area contributed by atoms with Crippen LogP contribution >= 0.6 is 11.6 Å². The van der Waals surface area contributed by atoms with Gasteiger partial charge in [-0.2, -0.15) is 0 Å². The number of hydrogen-bond acceptors (Lipinski definition) is 5. The molecule has 0 fully saturated rings. The van der Waals surface area contributed by atoms with E-state index in [1.54, 1.807) is 25.3 Å². The number of carbonyl (C=O) groups excluding carboxylic acids is 2. The Kier molecular flexibility index (Phi) is 8.53. The van der Waals surface area contributed by atoms with Crippen LogP contribution in [0.1, 0.15) is 13.8 Å². The Bertz CT molecular complexity index is 566. The molecule has 0 spiro atoms. The fourth-order valence-corrected chi connectivity index (χ4v) is 1.99. The number of carbonyl (C=O) groups is 2. The number of anilines is 1. The highest BCUT2D eigenvalue weighted by molar-refractivity contribution is 6.32. The summed E-state index contributed by atoms with van der Waals surface area (Å²) in [5, 5.41) is 5.53. The molecule has 0 heterocycles. The zero-order valence-electron chi connectivity index (χ0n) is 14.1. The van der Waals surface area contributed by atoms with E-state index in [2.05, 4.69) is 10.6 Å². The van der Waals surface area contributed by atoms with E-state index >= 15 is 0 Å². The summed E-state index contributed by atoms with van der Waals surface area (Å²) in [5.41, 5.74) is 6.14. The Morgan fingerprint density at radius 3 is 2.62 bits per heavy atom. The van der Waals surface area contributed by atoms with Gasteiger partial charge in [0.1, 0.15) is 6.61 Å². The third kappa shape index (κ3) is 6.35. The number of hydrogen-bond donors (Lipinski definition) is 3. The second-order valence-electron chi connectivity index (χ2n) is 5.49. The molecule has 0 bridgehead atoms. The van der Waals surface area contributed by atoms with Gasteiger partial charge in [-0.05, 0) is 18.1 Å². The smallest absolute Gasteiger partial charge is 0.243 e. The molecule has 24 heavy (non-hydrogen) atoms. The predicted molar refractivity (Wildman–Crippen MR) is 93.3 cm³/mol. The molecule has 1 aromatic carbocycles. The van der Waals surface area contributed by atoms with Crippen molar-refractivity contribution in [3.63, 3.8) is 0 Å². The molecular weight excluding hydrogens is 334 g/mol. The van der Waals surface area contributed by atoms with Crippen molar-refractivity contribution in [3.05, 3.63) is 23.2 Å². The third-order valence-electron chi connectivity index (χ3n) is 3.22. The van der Waals surface area contributed by atoms with Crippen LogP contribution in [0.15, 0.2) is 18.2 Å². The molecule has 0 radical (unpaired) electrons. The molecule has 0 saturated heterocycles. The van der Waals surface area contributed by atoms with Crippen LogP contribution in [0, 0.1) is 5.92 Å². The largest absolute Gasteiger partial charge is 0.487 e. The quantitative estimate of drug-likeness (QED) is 0.580. The first-order valence-corrected chi connectivity index (χ1v) is 7.98. The molecule has 0 saturated carbocycles. The van der Waals surface area contributed by atoms with E-state index in [1.807, 2.05) is 13.8 Å². The molecule has 0 aliphatic carbocycles. The normalized spacial score (nSPS) is 11.9. The van der Waals surface area contributed by atoms with Crippen LogP contribution in [0.25, 0.3) is 0 Å². The van der Waals surface area contributed by atoms with Crippen molar-refractivity contribution in [2.75, 3.05) is 32.2 Å². The van der Waals surface area contributed by atoms with Crippen LogP contribution < -0.4 is 21.1 Å². The van der Waals surface area contributed by atoms with Gasteiger partial charge in [-0.1, -0.05) is 31.5 Å². The Balaban J connectivity index is 2.63. The second kappa shape index (κ2) is 10.1. The number of para-hydroxylation sites is 1. The highest BCUT2D eigenvalue weighted by atomic mass is 35.5. The van der Waals surface area contributed by atoms with Crippen molar-refractivity contribution in [3.8, 4) is 5.75 Å². The number of methoxy groups -OCH3 is 1. The molecule has 1 aromatic rings. The monoisotopic (exact) mass is 357 g/mol. The molecule has 4 N–H and O–H groups in total.